The molecule has 0 bridgehead atoms. The quantitative estimate of drug-likeness (QED) is 0.204. The molecule has 1 aromatic heterocycles. The van der Waals surface area contributed by atoms with Gasteiger partial charge in [0, 0.05) is 45.6 Å². The molecule has 2 N–H and O–H groups in total. The Morgan fingerprint density at radius 1 is 0.973 bits per heavy atom. The summed E-state index contributed by atoms with van der Waals surface area (Å²) in [7, 11) is 0. The molecule has 0 spiro atoms. The Morgan fingerprint density at radius 3 is 2.46 bits per heavy atom. The number of halogens is 2. The number of hydrogen-bond donors (Lipinski definition) is 2. The number of ketones is 1. The number of carbonyl (C=O) groups excluding carboxylic acids is 2. The smallest absolute Gasteiger partial charge is 0.271 e. The zero-order valence-corrected chi connectivity index (χ0v) is 23.0. The van der Waals surface area contributed by atoms with Gasteiger partial charge in [-0.2, -0.15) is 0 Å². The predicted octanol–water partition coefficient (Wildman–Crippen LogP) is 6.70. The van der Waals surface area contributed by atoms with Gasteiger partial charge < -0.3 is 15.2 Å². The highest BCUT2D eigenvalue weighted by Crippen LogP contribution is 2.40. The number of aromatic amines is 1. The summed E-state index contributed by atoms with van der Waals surface area (Å²) in [6.45, 7) is 0.468. The fourth-order valence-electron chi connectivity index (χ4n) is 4.56. The van der Waals surface area contributed by atoms with Gasteiger partial charge in [-0.05, 0) is 42.3 Å². The molecule has 37 heavy (non-hydrogen) atoms. The Bertz CT molecular complexity index is 1430. The van der Waals surface area contributed by atoms with Crippen LogP contribution in [0.3, 0.4) is 0 Å². The van der Waals surface area contributed by atoms with Crippen LogP contribution >= 0.6 is 31.9 Å². The summed E-state index contributed by atoms with van der Waals surface area (Å²) in [6, 6.07) is 23.9. The van der Waals surface area contributed by atoms with Gasteiger partial charge in [-0.15, -0.1) is 0 Å². The number of aromatic nitrogens is 2. The van der Waals surface area contributed by atoms with Gasteiger partial charge in [0.2, 0.25) is 0 Å². The maximum absolute atomic E-state index is 14.0. The summed E-state index contributed by atoms with van der Waals surface area (Å²) in [4.78, 5) is 37.2. The van der Waals surface area contributed by atoms with E-state index in [1.807, 2.05) is 66.7 Å². The van der Waals surface area contributed by atoms with Crippen molar-refractivity contribution in [1.29, 1.82) is 0 Å². The molecule has 0 aliphatic carbocycles. The number of aryl methyl sites for hydroxylation is 1. The molecule has 1 unspecified atom stereocenters. The van der Waals surface area contributed by atoms with E-state index in [1.165, 1.54) is 0 Å². The van der Waals surface area contributed by atoms with Crippen LogP contribution in [0.25, 0.3) is 0 Å². The molecular weight excluding hydrogens is 596 g/mol. The van der Waals surface area contributed by atoms with Crippen LogP contribution in [0, 0.1) is 0 Å². The molecule has 4 aromatic rings. The largest absolute Gasteiger partial charge is 0.351 e. The molecule has 0 saturated carbocycles. The number of nitrogens with one attached hydrogen (secondary N) is 2. The number of rotatable bonds is 9. The second kappa shape index (κ2) is 11.3. The average molecular weight is 620 g/mol. The molecule has 0 radical (unpaired) electrons. The number of benzene rings is 3. The monoisotopic (exact) mass is 618 g/mol. The molecule has 1 aliphatic heterocycles. The number of H-pyrrole nitrogens is 1. The first-order valence-electron chi connectivity index (χ1n) is 11.9. The second-order valence-corrected chi connectivity index (χ2v) is 10.5. The highest BCUT2D eigenvalue weighted by Gasteiger charge is 2.43. The van der Waals surface area contributed by atoms with Crippen molar-refractivity contribution in [3.8, 4) is 0 Å². The van der Waals surface area contributed by atoms with Gasteiger partial charge in [-0.1, -0.05) is 80.4 Å². The van der Waals surface area contributed by atoms with Gasteiger partial charge in [-0.3, -0.25) is 9.59 Å². The first-order chi connectivity index (χ1) is 18.0. The SMILES string of the molecule is O=C(C1=C(Nc2cccc(Br)c2)C(=O)N(CCCc2ncc[nH]2)C1c1ccc(Br)cc1)c1ccccc1. The van der Waals surface area contributed by atoms with E-state index in [-0.39, 0.29) is 11.7 Å². The standard InChI is InChI=1S/C29H24Br2N4O2/c30-21-13-11-19(12-14-21)27-25(28(36)20-6-2-1-3-7-20)26(34-23-9-4-8-22(31)18-23)29(37)35(27)17-5-10-24-32-15-16-33-24/h1-4,6-9,11-16,18,27,34H,5,10,17H2,(H,32,33). The lowest BCUT2D eigenvalue weighted by atomic mass is 9.92. The number of imidazole rings is 1. The van der Waals surface area contributed by atoms with Crippen LogP contribution in [0.4, 0.5) is 5.69 Å². The second-order valence-electron chi connectivity index (χ2n) is 8.71. The van der Waals surface area contributed by atoms with Crippen LogP contribution in [0.15, 0.2) is 111 Å². The summed E-state index contributed by atoms with van der Waals surface area (Å²) >= 11 is 7.00. The molecule has 186 valence electrons. The van der Waals surface area contributed by atoms with Crippen LogP contribution in [0.1, 0.15) is 34.2 Å². The molecule has 5 rings (SSSR count). The highest BCUT2D eigenvalue weighted by molar-refractivity contribution is 9.10. The number of nitrogens with zero attached hydrogens (tertiary/aromatic N) is 2. The van der Waals surface area contributed by atoms with Gasteiger partial charge in [0.05, 0.1) is 11.6 Å². The van der Waals surface area contributed by atoms with E-state index in [4.69, 9.17) is 0 Å². The Balaban J connectivity index is 1.58. The lowest BCUT2D eigenvalue weighted by Gasteiger charge is -2.27. The fraction of sp³-hybridized carbons (Fsp3) is 0.138. The lowest BCUT2D eigenvalue weighted by molar-refractivity contribution is -0.127. The Kier molecular flexibility index (Phi) is 7.67. The van der Waals surface area contributed by atoms with E-state index >= 15 is 0 Å². The van der Waals surface area contributed by atoms with Gasteiger partial charge >= 0.3 is 0 Å². The number of anilines is 1. The van der Waals surface area contributed by atoms with Crippen molar-refractivity contribution in [1.82, 2.24) is 14.9 Å². The van der Waals surface area contributed by atoms with Gasteiger partial charge in [-0.25, -0.2) is 4.98 Å². The summed E-state index contributed by atoms with van der Waals surface area (Å²) < 4.78 is 1.80. The van der Waals surface area contributed by atoms with E-state index in [0.717, 1.165) is 26.0 Å². The molecule has 0 fully saturated rings. The molecule has 6 nitrogen and oxygen atoms in total. The normalized spacial score (nSPS) is 15.4. The van der Waals surface area contributed by atoms with Crippen molar-refractivity contribution in [2.75, 3.05) is 11.9 Å². The summed E-state index contributed by atoms with van der Waals surface area (Å²) in [6.07, 6.45) is 4.90. The minimum absolute atomic E-state index is 0.173. The number of Topliss-reactive ketones (excluding diaryl/α,β-unsaturated/α-hetero) is 1. The van der Waals surface area contributed by atoms with Crippen LogP contribution in [-0.4, -0.2) is 33.1 Å². The van der Waals surface area contributed by atoms with Crippen molar-refractivity contribution in [3.05, 3.63) is 128 Å². The topological polar surface area (TPSA) is 78.1 Å². The lowest BCUT2D eigenvalue weighted by Crippen LogP contribution is -2.33. The summed E-state index contributed by atoms with van der Waals surface area (Å²) in [5.74, 6) is 0.493. The first kappa shape index (κ1) is 25.2. The van der Waals surface area contributed by atoms with Gasteiger partial charge in [0.1, 0.15) is 11.5 Å². The third kappa shape index (κ3) is 5.60. The fourth-order valence-corrected chi connectivity index (χ4v) is 5.22. The van der Waals surface area contributed by atoms with E-state index in [9.17, 15) is 9.59 Å². The number of amides is 1. The third-order valence-electron chi connectivity index (χ3n) is 6.26. The zero-order chi connectivity index (χ0) is 25.8. The summed E-state index contributed by atoms with van der Waals surface area (Å²) in [5.41, 5.74) is 2.88. The minimum Gasteiger partial charge on any atom is -0.351 e. The van der Waals surface area contributed by atoms with Crippen molar-refractivity contribution in [2.45, 2.75) is 18.9 Å². The Morgan fingerprint density at radius 2 is 1.76 bits per heavy atom. The zero-order valence-electron chi connectivity index (χ0n) is 19.8. The first-order valence-corrected chi connectivity index (χ1v) is 13.5. The molecule has 8 heteroatoms. The van der Waals surface area contributed by atoms with E-state index < -0.39 is 6.04 Å². The number of carbonyl (C=O) groups is 2. The van der Waals surface area contributed by atoms with Crippen molar-refractivity contribution >= 4 is 49.2 Å². The highest BCUT2D eigenvalue weighted by atomic mass is 79.9. The summed E-state index contributed by atoms with van der Waals surface area (Å²) in [5, 5.41) is 3.29. The minimum atomic E-state index is -0.528. The molecule has 2 heterocycles. The molecule has 1 amide bonds. The van der Waals surface area contributed by atoms with E-state index in [0.29, 0.717) is 36.2 Å². The van der Waals surface area contributed by atoms with Crippen molar-refractivity contribution in [3.63, 3.8) is 0 Å². The van der Waals surface area contributed by atoms with Crippen LogP contribution < -0.4 is 5.32 Å². The molecule has 0 saturated heterocycles. The average Bonchev–Trinajstić information content (AvgIpc) is 3.52. The van der Waals surface area contributed by atoms with Crippen LogP contribution in [-0.2, 0) is 11.2 Å². The van der Waals surface area contributed by atoms with E-state index in [1.54, 1.807) is 29.4 Å². The Labute approximate surface area is 232 Å². The molecular formula is C29H24Br2N4O2. The maximum Gasteiger partial charge on any atom is 0.271 e. The maximum atomic E-state index is 14.0. The molecule has 3 aromatic carbocycles. The third-order valence-corrected chi connectivity index (χ3v) is 7.28. The van der Waals surface area contributed by atoms with Crippen molar-refractivity contribution < 1.29 is 9.59 Å². The van der Waals surface area contributed by atoms with Crippen LogP contribution in [0.2, 0.25) is 0 Å². The van der Waals surface area contributed by atoms with E-state index in [2.05, 4.69) is 47.1 Å². The molecule has 1 atom stereocenters. The predicted molar refractivity (Wildman–Crippen MR) is 151 cm³/mol. The molecule has 1 aliphatic rings. The van der Waals surface area contributed by atoms with Crippen LogP contribution in [0.5, 0.6) is 0 Å². The van der Waals surface area contributed by atoms with Gasteiger partial charge in [0.25, 0.3) is 5.91 Å². The van der Waals surface area contributed by atoms with Gasteiger partial charge in [0.15, 0.2) is 5.78 Å². The number of hydrogen-bond acceptors (Lipinski definition) is 4. The van der Waals surface area contributed by atoms with Crippen molar-refractivity contribution in [2.24, 2.45) is 0 Å². The Hall–Kier alpha value is -3.49.